The highest BCUT2D eigenvalue weighted by Gasteiger charge is 2.23. The molecule has 3 aromatic rings. The van der Waals surface area contributed by atoms with Crippen LogP contribution in [0, 0.1) is 0 Å². The van der Waals surface area contributed by atoms with Gasteiger partial charge in [-0.15, -0.1) is 0 Å². The molecule has 2 aliphatic heterocycles. The quantitative estimate of drug-likeness (QED) is 0.418. The van der Waals surface area contributed by atoms with Crippen LogP contribution in [0.2, 0.25) is 0 Å². The summed E-state index contributed by atoms with van der Waals surface area (Å²) in [5.41, 5.74) is 1.98. The molecule has 0 atom stereocenters. The van der Waals surface area contributed by atoms with E-state index in [2.05, 4.69) is 36.8 Å². The first-order valence-electron chi connectivity index (χ1n) is 12.7. The van der Waals surface area contributed by atoms with Crippen LogP contribution in [-0.4, -0.2) is 94.7 Å². The van der Waals surface area contributed by atoms with E-state index in [0.29, 0.717) is 12.4 Å². The first-order chi connectivity index (χ1) is 17.8. The molecular weight excluding hydrogens is 458 g/mol. The van der Waals surface area contributed by atoms with Gasteiger partial charge in [-0.05, 0) is 24.6 Å². The van der Waals surface area contributed by atoms with Crippen molar-refractivity contribution in [3.63, 3.8) is 0 Å². The molecule has 192 valence electrons. The lowest BCUT2D eigenvalue weighted by Crippen LogP contribution is -2.47. The number of ether oxygens (including phenoxy) is 4. The zero-order valence-corrected chi connectivity index (χ0v) is 21.2. The van der Waals surface area contributed by atoms with Crippen molar-refractivity contribution in [2.24, 2.45) is 0 Å². The Bertz CT molecular complexity index is 1150. The number of aromatic nitrogens is 2. The van der Waals surface area contributed by atoms with Crippen LogP contribution in [0.1, 0.15) is 6.42 Å². The Labute approximate surface area is 212 Å². The van der Waals surface area contributed by atoms with Gasteiger partial charge in [0.2, 0.25) is 0 Å². The molecule has 9 heteroatoms. The van der Waals surface area contributed by atoms with Crippen LogP contribution in [0.15, 0.2) is 42.7 Å². The summed E-state index contributed by atoms with van der Waals surface area (Å²) < 4.78 is 22.8. The van der Waals surface area contributed by atoms with Crippen molar-refractivity contribution in [1.82, 2.24) is 14.9 Å². The Morgan fingerprint density at radius 1 is 0.833 bits per heavy atom. The Kier molecular flexibility index (Phi) is 7.88. The summed E-state index contributed by atoms with van der Waals surface area (Å²) in [5.74, 6) is 3.26. The SMILES string of the molecule is COc1cc2ncnc(N3CCN(c4ccccc4OC)CC3)c2cc1OCCCN1CCOCC1. The lowest BCUT2D eigenvalue weighted by molar-refractivity contribution is 0.0357. The smallest absolute Gasteiger partial charge is 0.162 e. The van der Waals surface area contributed by atoms with E-state index < -0.39 is 0 Å². The predicted octanol–water partition coefficient (Wildman–Crippen LogP) is 3.07. The number of anilines is 2. The van der Waals surface area contributed by atoms with Crippen molar-refractivity contribution in [2.75, 3.05) is 89.7 Å². The van der Waals surface area contributed by atoms with Crippen LogP contribution >= 0.6 is 0 Å². The molecule has 2 fully saturated rings. The van der Waals surface area contributed by atoms with Gasteiger partial charge in [0.25, 0.3) is 0 Å². The summed E-state index contributed by atoms with van der Waals surface area (Å²) in [6.07, 6.45) is 2.58. The van der Waals surface area contributed by atoms with Gasteiger partial charge in [0, 0.05) is 57.3 Å². The average molecular weight is 494 g/mol. The van der Waals surface area contributed by atoms with E-state index in [1.54, 1.807) is 20.5 Å². The van der Waals surface area contributed by atoms with Crippen molar-refractivity contribution < 1.29 is 18.9 Å². The lowest BCUT2D eigenvalue weighted by Gasteiger charge is -2.37. The minimum atomic E-state index is 0.625. The number of nitrogens with zero attached hydrogens (tertiary/aromatic N) is 5. The first-order valence-corrected chi connectivity index (χ1v) is 12.7. The van der Waals surface area contributed by atoms with Gasteiger partial charge in [-0.1, -0.05) is 12.1 Å². The van der Waals surface area contributed by atoms with E-state index in [1.165, 1.54) is 0 Å². The van der Waals surface area contributed by atoms with E-state index in [1.807, 2.05) is 24.3 Å². The fraction of sp³-hybridized carbons (Fsp3) is 0.481. The van der Waals surface area contributed by atoms with Crippen LogP contribution in [-0.2, 0) is 4.74 Å². The maximum absolute atomic E-state index is 6.19. The molecule has 0 bridgehead atoms. The highest BCUT2D eigenvalue weighted by Crippen LogP contribution is 2.36. The minimum Gasteiger partial charge on any atom is -0.495 e. The highest BCUT2D eigenvalue weighted by molar-refractivity contribution is 5.92. The van der Waals surface area contributed by atoms with Crippen molar-refractivity contribution in [3.05, 3.63) is 42.7 Å². The van der Waals surface area contributed by atoms with Crippen molar-refractivity contribution in [1.29, 1.82) is 0 Å². The number of fused-ring (bicyclic) bond motifs is 1. The number of rotatable bonds is 9. The van der Waals surface area contributed by atoms with Crippen molar-refractivity contribution in [2.45, 2.75) is 6.42 Å². The molecule has 36 heavy (non-hydrogen) atoms. The number of para-hydroxylation sites is 2. The Morgan fingerprint density at radius 2 is 1.58 bits per heavy atom. The first kappa shape index (κ1) is 24.4. The van der Waals surface area contributed by atoms with Crippen LogP contribution in [0.3, 0.4) is 0 Å². The summed E-state index contributed by atoms with van der Waals surface area (Å²) in [6, 6.07) is 12.2. The van der Waals surface area contributed by atoms with Gasteiger partial charge in [0.1, 0.15) is 17.9 Å². The number of methoxy groups -OCH3 is 2. The zero-order chi connectivity index (χ0) is 24.7. The van der Waals surface area contributed by atoms with E-state index in [4.69, 9.17) is 18.9 Å². The highest BCUT2D eigenvalue weighted by atomic mass is 16.5. The summed E-state index contributed by atoms with van der Waals surface area (Å²) in [4.78, 5) is 16.3. The van der Waals surface area contributed by atoms with Gasteiger partial charge in [-0.2, -0.15) is 0 Å². The third-order valence-corrected chi connectivity index (χ3v) is 6.88. The Balaban J connectivity index is 1.28. The summed E-state index contributed by atoms with van der Waals surface area (Å²) in [6.45, 7) is 8.71. The molecule has 2 aromatic carbocycles. The molecule has 0 amide bonds. The summed E-state index contributed by atoms with van der Waals surface area (Å²) in [5, 5.41) is 0.979. The topological polar surface area (TPSA) is 72.4 Å². The second-order valence-corrected chi connectivity index (χ2v) is 9.02. The van der Waals surface area contributed by atoms with Crippen LogP contribution in [0.25, 0.3) is 10.9 Å². The van der Waals surface area contributed by atoms with E-state index in [9.17, 15) is 0 Å². The maximum atomic E-state index is 6.19. The molecule has 2 saturated heterocycles. The second-order valence-electron chi connectivity index (χ2n) is 9.02. The van der Waals surface area contributed by atoms with E-state index in [-0.39, 0.29) is 0 Å². The normalized spacial score (nSPS) is 16.8. The molecule has 0 N–H and O–H groups in total. The number of hydrogen-bond donors (Lipinski definition) is 0. The van der Waals surface area contributed by atoms with Crippen LogP contribution < -0.4 is 24.0 Å². The molecule has 2 aliphatic rings. The third kappa shape index (κ3) is 5.42. The maximum Gasteiger partial charge on any atom is 0.162 e. The summed E-state index contributed by atoms with van der Waals surface area (Å²) >= 11 is 0. The monoisotopic (exact) mass is 493 g/mol. The standard InChI is InChI=1S/C27H35N5O4/c1-33-24-7-4-3-6-23(24)31-9-11-32(12-10-31)27-21-18-26(25(34-2)19-22(21)28-20-29-27)36-15-5-8-30-13-16-35-17-14-30/h3-4,6-7,18-20H,5,8-17H2,1-2H3. The van der Waals surface area contributed by atoms with Gasteiger partial charge in [0.15, 0.2) is 11.5 Å². The lowest BCUT2D eigenvalue weighted by atomic mass is 10.1. The predicted molar refractivity (Wildman–Crippen MR) is 141 cm³/mol. The molecule has 5 rings (SSSR count). The van der Waals surface area contributed by atoms with Crippen LogP contribution in [0.4, 0.5) is 11.5 Å². The van der Waals surface area contributed by atoms with Gasteiger partial charge in [0.05, 0.1) is 45.2 Å². The molecule has 1 aromatic heterocycles. The number of morpholine rings is 1. The van der Waals surface area contributed by atoms with E-state index in [0.717, 1.165) is 99.4 Å². The van der Waals surface area contributed by atoms with Gasteiger partial charge >= 0.3 is 0 Å². The molecule has 0 aliphatic carbocycles. The Hall–Kier alpha value is -3.30. The van der Waals surface area contributed by atoms with Crippen molar-refractivity contribution >= 4 is 22.4 Å². The van der Waals surface area contributed by atoms with Crippen LogP contribution in [0.5, 0.6) is 17.2 Å². The van der Waals surface area contributed by atoms with Gasteiger partial charge < -0.3 is 28.7 Å². The largest absolute Gasteiger partial charge is 0.495 e. The molecule has 0 saturated carbocycles. The van der Waals surface area contributed by atoms with Gasteiger partial charge in [-0.25, -0.2) is 9.97 Å². The van der Waals surface area contributed by atoms with E-state index >= 15 is 0 Å². The fourth-order valence-electron chi connectivity index (χ4n) is 4.92. The third-order valence-electron chi connectivity index (χ3n) is 6.88. The molecule has 0 spiro atoms. The Morgan fingerprint density at radius 3 is 2.36 bits per heavy atom. The fourth-order valence-corrected chi connectivity index (χ4v) is 4.92. The number of hydrogen-bond acceptors (Lipinski definition) is 9. The molecule has 0 unspecified atom stereocenters. The molecule has 3 heterocycles. The number of piperazine rings is 1. The zero-order valence-electron chi connectivity index (χ0n) is 21.2. The number of benzene rings is 2. The summed E-state index contributed by atoms with van der Waals surface area (Å²) in [7, 11) is 3.39. The van der Waals surface area contributed by atoms with Gasteiger partial charge in [-0.3, -0.25) is 4.90 Å². The molecular formula is C27H35N5O4. The second kappa shape index (κ2) is 11.6. The average Bonchev–Trinajstić information content (AvgIpc) is 2.95. The molecule has 9 nitrogen and oxygen atoms in total. The molecule has 0 radical (unpaired) electrons. The van der Waals surface area contributed by atoms with Crippen molar-refractivity contribution in [3.8, 4) is 17.2 Å². The minimum absolute atomic E-state index is 0.625.